The van der Waals surface area contributed by atoms with Gasteiger partial charge in [0.05, 0.1) is 12.5 Å². The molecule has 0 aliphatic carbocycles. The van der Waals surface area contributed by atoms with E-state index in [1.807, 2.05) is 35.7 Å². The highest BCUT2D eigenvalue weighted by molar-refractivity contribution is 7.10. The lowest BCUT2D eigenvalue weighted by atomic mass is 10.1. The van der Waals surface area contributed by atoms with Crippen LogP contribution in [0.3, 0.4) is 0 Å². The van der Waals surface area contributed by atoms with Gasteiger partial charge in [-0.2, -0.15) is 0 Å². The van der Waals surface area contributed by atoms with Crippen molar-refractivity contribution in [2.45, 2.75) is 18.9 Å². The first-order chi connectivity index (χ1) is 9.66. The number of aliphatic hydroxyl groups excluding tert-OH is 1. The van der Waals surface area contributed by atoms with E-state index in [9.17, 15) is 9.90 Å². The fourth-order valence-electron chi connectivity index (χ4n) is 1.85. The van der Waals surface area contributed by atoms with Crippen LogP contribution in [0.4, 0.5) is 0 Å². The van der Waals surface area contributed by atoms with Crippen LogP contribution in [0.1, 0.15) is 23.0 Å². The zero-order chi connectivity index (χ0) is 14.4. The summed E-state index contributed by atoms with van der Waals surface area (Å²) in [6, 6.07) is 11.1. The van der Waals surface area contributed by atoms with Gasteiger partial charge in [-0.15, -0.1) is 11.3 Å². The summed E-state index contributed by atoms with van der Waals surface area (Å²) in [6.45, 7) is 0.447. The molecule has 1 atom stereocenters. The molecule has 1 heterocycles. The molecule has 20 heavy (non-hydrogen) atoms. The molecule has 1 aromatic carbocycles. The maximum atomic E-state index is 11.8. The van der Waals surface area contributed by atoms with Crippen LogP contribution in [-0.4, -0.2) is 17.6 Å². The van der Waals surface area contributed by atoms with Crippen molar-refractivity contribution in [3.05, 3.63) is 57.2 Å². The van der Waals surface area contributed by atoms with Crippen molar-refractivity contribution < 1.29 is 9.90 Å². The average Bonchev–Trinajstić information content (AvgIpc) is 2.95. The van der Waals surface area contributed by atoms with Crippen LogP contribution in [-0.2, 0) is 11.2 Å². The molecule has 0 aliphatic rings. The predicted molar refractivity (Wildman–Crippen MR) is 82.1 cm³/mol. The van der Waals surface area contributed by atoms with E-state index in [2.05, 4.69) is 5.32 Å². The Hall–Kier alpha value is -1.36. The Balaban J connectivity index is 1.74. The normalized spacial score (nSPS) is 12.1. The molecule has 0 bridgehead atoms. The van der Waals surface area contributed by atoms with Gasteiger partial charge < -0.3 is 10.4 Å². The third-order valence-electron chi connectivity index (χ3n) is 2.92. The number of benzene rings is 1. The van der Waals surface area contributed by atoms with Crippen molar-refractivity contribution in [3.63, 3.8) is 0 Å². The molecule has 0 spiro atoms. The molecule has 2 aromatic rings. The minimum Gasteiger partial charge on any atom is -0.388 e. The zero-order valence-electron chi connectivity index (χ0n) is 10.9. The quantitative estimate of drug-likeness (QED) is 0.861. The third-order valence-corrected chi connectivity index (χ3v) is 4.26. The minimum atomic E-state index is -0.518. The lowest BCUT2D eigenvalue weighted by Gasteiger charge is -2.10. The molecular weight excluding hydrogens is 294 g/mol. The molecule has 0 fully saturated rings. The molecule has 0 aliphatic heterocycles. The molecule has 106 valence electrons. The number of amides is 1. The Labute approximate surface area is 127 Å². The molecule has 0 unspecified atom stereocenters. The van der Waals surface area contributed by atoms with Crippen molar-refractivity contribution >= 4 is 28.8 Å². The molecule has 5 heteroatoms. The van der Waals surface area contributed by atoms with Gasteiger partial charge in [0, 0.05) is 16.4 Å². The predicted octanol–water partition coefficient (Wildman–Crippen LogP) is 3.18. The third kappa shape index (κ3) is 4.34. The lowest BCUT2D eigenvalue weighted by molar-refractivity contribution is -0.120. The number of carbonyl (C=O) groups is 1. The van der Waals surface area contributed by atoms with Crippen LogP contribution < -0.4 is 5.32 Å². The van der Waals surface area contributed by atoms with E-state index < -0.39 is 6.10 Å². The Kier molecular flexibility index (Phi) is 5.59. The SMILES string of the molecule is O=C(Cc1ccccc1Cl)NCC[C@@H](O)c1cccs1. The number of halogens is 1. The van der Waals surface area contributed by atoms with E-state index in [-0.39, 0.29) is 12.3 Å². The van der Waals surface area contributed by atoms with E-state index in [1.165, 1.54) is 11.3 Å². The summed E-state index contributed by atoms with van der Waals surface area (Å²) < 4.78 is 0. The number of thiophene rings is 1. The van der Waals surface area contributed by atoms with Crippen LogP contribution in [0.25, 0.3) is 0 Å². The van der Waals surface area contributed by atoms with Gasteiger partial charge in [0.25, 0.3) is 0 Å². The summed E-state index contributed by atoms with van der Waals surface area (Å²) in [5, 5.41) is 15.2. The summed E-state index contributed by atoms with van der Waals surface area (Å²) in [7, 11) is 0. The van der Waals surface area contributed by atoms with E-state index in [0.717, 1.165) is 10.4 Å². The molecular formula is C15H16ClNO2S. The summed E-state index contributed by atoms with van der Waals surface area (Å²) in [5.74, 6) is -0.0866. The van der Waals surface area contributed by atoms with E-state index in [4.69, 9.17) is 11.6 Å². The van der Waals surface area contributed by atoms with Gasteiger partial charge in [-0.25, -0.2) is 0 Å². The van der Waals surface area contributed by atoms with Gasteiger partial charge in [-0.1, -0.05) is 35.9 Å². The summed E-state index contributed by atoms with van der Waals surface area (Å²) in [6.07, 6.45) is 0.249. The first-order valence-corrected chi connectivity index (χ1v) is 7.64. The van der Waals surface area contributed by atoms with Crippen LogP contribution in [0.5, 0.6) is 0 Å². The van der Waals surface area contributed by atoms with Gasteiger partial charge in [-0.3, -0.25) is 4.79 Å². The topological polar surface area (TPSA) is 49.3 Å². The zero-order valence-corrected chi connectivity index (χ0v) is 12.5. The number of rotatable bonds is 6. The van der Waals surface area contributed by atoms with Crippen LogP contribution in [0.15, 0.2) is 41.8 Å². The second kappa shape index (κ2) is 7.43. The van der Waals surface area contributed by atoms with Crippen LogP contribution in [0.2, 0.25) is 5.02 Å². The first-order valence-electron chi connectivity index (χ1n) is 6.38. The van der Waals surface area contributed by atoms with Crippen molar-refractivity contribution in [1.82, 2.24) is 5.32 Å². The molecule has 2 rings (SSSR count). The lowest BCUT2D eigenvalue weighted by Crippen LogP contribution is -2.27. The van der Waals surface area contributed by atoms with E-state index in [0.29, 0.717) is 18.0 Å². The Morgan fingerprint density at radius 2 is 2.10 bits per heavy atom. The van der Waals surface area contributed by atoms with Gasteiger partial charge in [0.1, 0.15) is 0 Å². The highest BCUT2D eigenvalue weighted by atomic mass is 35.5. The van der Waals surface area contributed by atoms with Crippen molar-refractivity contribution in [3.8, 4) is 0 Å². The molecule has 1 amide bonds. The largest absolute Gasteiger partial charge is 0.388 e. The summed E-state index contributed by atoms with van der Waals surface area (Å²) in [4.78, 5) is 12.7. The van der Waals surface area contributed by atoms with Crippen LogP contribution >= 0.6 is 22.9 Å². The minimum absolute atomic E-state index is 0.0866. The molecule has 1 aromatic heterocycles. The van der Waals surface area contributed by atoms with Crippen molar-refractivity contribution in [2.24, 2.45) is 0 Å². The summed E-state index contributed by atoms with van der Waals surface area (Å²) >= 11 is 7.52. The highest BCUT2D eigenvalue weighted by Crippen LogP contribution is 2.21. The van der Waals surface area contributed by atoms with Crippen LogP contribution in [0, 0.1) is 0 Å². The van der Waals surface area contributed by atoms with E-state index in [1.54, 1.807) is 6.07 Å². The van der Waals surface area contributed by atoms with Crippen molar-refractivity contribution in [2.75, 3.05) is 6.54 Å². The fraction of sp³-hybridized carbons (Fsp3) is 0.267. The Bertz CT molecular complexity index is 557. The van der Waals surface area contributed by atoms with Gasteiger partial charge in [0.2, 0.25) is 5.91 Å². The number of aliphatic hydroxyl groups is 1. The number of carbonyl (C=O) groups excluding carboxylic acids is 1. The molecule has 2 N–H and O–H groups in total. The smallest absolute Gasteiger partial charge is 0.224 e. The second-order valence-electron chi connectivity index (χ2n) is 4.44. The van der Waals surface area contributed by atoms with E-state index >= 15 is 0 Å². The molecule has 0 saturated heterocycles. The average molecular weight is 310 g/mol. The maximum absolute atomic E-state index is 11.8. The maximum Gasteiger partial charge on any atom is 0.224 e. The number of nitrogens with one attached hydrogen (secondary N) is 1. The Morgan fingerprint density at radius 3 is 2.80 bits per heavy atom. The first kappa shape index (κ1) is 15.0. The molecule has 3 nitrogen and oxygen atoms in total. The fourth-order valence-corrected chi connectivity index (χ4v) is 2.80. The summed E-state index contributed by atoms with van der Waals surface area (Å²) in [5.41, 5.74) is 0.811. The standard InChI is InChI=1S/C15H16ClNO2S/c16-12-5-2-1-4-11(12)10-15(19)17-8-7-13(18)14-6-3-9-20-14/h1-6,9,13,18H,7-8,10H2,(H,17,19)/t13-/m1/s1. The number of hydrogen-bond donors (Lipinski definition) is 2. The molecule has 0 radical (unpaired) electrons. The number of hydrogen-bond acceptors (Lipinski definition) is 3. The van der Waals surface area contributed by atoms with Gasteiger partial charge in [-0.05, 0) is 29.5 Å². The van der Waals surface area contributed by atoms with Crippen molar-refractivity contribution in [1.29, 1.82) is 0 Å². The second-order valence-corrected chi connectivity index (χ2v) is 5.82. The molecule has 0 saturated carbocycles. The Morgan fingerprint density at radius 1 is 1.30 bits per heavy atom. The highest BCUT2D eigenvalue weighted by Gasteiger charge is 2.10. The van der Waals surface area contributed by atoms with Gasteiger partial charge >= 0.3 is 0 Å². The van der Waals surface area contributed by atoms with Gasteiger partial charge in [0.15, 0.2) is 0 Å². The monoisotopic (exact) mass is 309 g/mol.